The standard InChI is InChI=1S/C31H40N6O4/c1-31(2,32)30(40)35-26(13-9-12-22-10-5-4-6-11-22)28(38)34-24-20-33-37(21-24)27(29(39)36-18-7-8-19-36)23-14-16-25(41-3)17-15-23/h4-6,10-11,14-17,20-21,26-27H,7-9,12-13,18-19,32H2,1-3H3,(H,34,38)(H,35,40)/t26-,27?/m1/s1. The molecule has 10 nitrogen and oxygen atoms in total. The second kappa shape index (κ2) is 13.5. The highest BCUT2D eigenvalue weighted by Crippen LogP contribution is 2.26. The van der Waals surface area contributed by atoms with E-state index in [4.69, 9.17) is 10.5 Å². The first kappa shape index (κ1) is 29.8. The van der Waals surface area contributed by atoms with Crippen LogP contribution in [0.2, 0.25) is 0 Å². The van der Waals surface area contributed by atoms with Gasteiger partial charge in [-0.1, -0.05) is 42.5 Å². The van der Waals surface area contributed by atoms with E-state index in [1.54, 1.807) is 31.8 Å². The Balaban J connectivity index is 1.51. The second-order valence-electron chi connectivity index (χ2n) is 11.0. The van der Waals surface area contributed by atoms with Crippen LogP contribution in [0.15, 0.2) is 67.0 Å². The van der Waals surface area contributed by atoms with Gasteiger partial charge >= 0.3 is 0 Å². The minimum absolute atomic E-state index is 0.0510. The molecule has 218 valence electrons. The molecule has 1 unspecified atom stereocenters. The quantitative estimate of drug-likeness (QED) is 0.312. The first-order valence-corrected chi connectivity index (χ1v) is 14.1. The van der Waals surface area contributed by atoms with Gasteiger partial charge in [0.2, 0.25) is 11.8 Å². The lowest BCUT2D eigenvalue weighted by molar-refractivity contribution is -0.132. The molecule has 4 N–H and O–H groups in total. The van der Waals surface area contributed by atoms with E-state index in [0.29, 0.717) is 37.4 Å². The zero-order valence-electron chi connectivity index (χ0n) is 24.0. The van der Waals surface area contributed by atoms with Gasteiger partial charge in [-0.15, -0.1) is 0 Å². The number of benzene rings is 2. The molecule has 0 spiro atoms. The monoisotopic (exact) mass is 560 g/mol. The van der Waals surface area contributed by atoms with E-state index in [1.165, 1.54) is 6.20 Å². The lowest BCUT2D eigenvalue weighted by Crippen LogP contribution is -2.54. The van der Waals surface area contributed by atoms with E-state index in [2.05, 4.69) is 15.7 Å². The number of likely N-dealkylation sites (tertiary alicyclic amines) is 1. The fourth-order valence-corrected chi connectivity index (χ4v) is 4.85. The van der Waals surface area contributed by atoms with Crippen LogP contribution in [0.5, 0.6) is 5.75 Å². The molecule has 0 saturated carbocycles. The number of rotatable bonds is 12. The molecular formula is C31H40N6O4. The Morgan fingerprint density at radius 3 is 2.37 bits per heavy atom. The third kappa shape index (κ3) is 7.94. The van der Waals surface area contributed by atoms with Gasteiger partial charge in [-0.05, 0) is 69.2 Å². The SMILES string of the molecule is COc1ccc(C(C(=O)N2CCCC2)n2cc(NC(=O)[C@@H](CCCc3ccccc3)NC(=O)C(C)(C)N)cn2)cc1. The number of aryl methyl sites for hydroxylation is 1. The number of methoxy groups -OCH3 is 1. The van der Waals surface area contributed by atoms with Gasteiger partial charge in [0.1, 0.15) is 11.8 Å². The summed E-state index contributed by atoms with van der Waals surface area (Å²) in [5, 5.41) is 10.1. The van der Waals surface area contributed by atoms with Gasteiger partial charge in [-0.3, -0.25) is 19.1 Å². The highest BCUT2D eigenvalue weighted by atomic mass is 16.5. The largest absolute Gasteiger partial charge is 0.497 e. The van der Waals surface area contributed by atoms with Crippen molar-refractivity contribution in [1.82, 2.24) is 20.0 Å². The maximum Gasteiger partial charge on any atom is 0.252 e. The van der Waals surface area contributed by atoms with E-state index in [1.807, 2.05) is 59.5 Å². The number of hydrogen-bond donors (Lipinski definition) is 3. The number of aromatic nitrogens is 2. The fourth-order valence-electron chi connectivity index (χ4n) is 4.85. The average Bonchev–Trinajstić information content (AvgIpc) is 3.66. The van der Waals surface area contributed by atoms with Crippen molar-refractivity contribution in [3.63, 3.8) is 0 Å². The van der Waals surface area contributed by atoms with Crippen molar-refractivity contribution in [3.8, 4) is 5.75 Å². The summed E-state index contributed by atoms with van der Waals surface area (Å²) < 4.78 is 6.86. The zero-order chi connectivity index (χ0) is 29.4. The molecule has 41 heavy (non-hydrogen) atoms. The minimum Gasteiger partial charge on any atom is -0.497 e. The zero-order valence-corrected chi connectivity index (χ0v) is 24.0. The molecule has 0 aliphatic carbocycles. The molecule has 1 aliphatic heterocycles. The van der Waals surface area contributed by atoms with Gasteiger partial charge in [0, 0.05) is 19.3 Å². The van der Waals surface area contributed by atoms with Crippen LogP contribution in [0.3, 0.4) is 0 Å². The number of hydrogen-bond acceptors (Lipinski definition) is 6. The Morgan fingerprint density at radius 2 is 1.73 bits per heavy atom. The van der Waals surface area contributed by atoms with Gasteiger partial charge in [0.25, 0.3) is 5.91 Å². The van der Waals surface area contributed by atoms with E-state index < -0.39 is 23.5 Å². The molecule has 1 aliphatic rings. The molecule has 2 atom stereocenters. The molecule has 4 rings (SSSR count). The molecular weight excluding hydrogens is 520 g/mol. The van der Waals surface area contributed by atoms with Crippen molar-refractivity contribution in [2.75, 3.05) is 25.5 Å². The smallest absolute Gasteiger partial charge is 0.252 e. The Bertz CT molecular complexity index is 1310. The molecule has 1 fully saturated rings. The summed E-state index contributed by atoms with van der Waals surface area (Å²) in [6.07, 6.45) is 7.00. The third-order valence-corrected chi connectivity index (χ3v) is 7.22. The highest BCUT2D eigenvalue weighted by molar-refractivity contribution is 5.98. The Hall–Kier alpha value is -4.18. The number of ether oxygens (including phenoxy) is 1. The Kier molecular flexibility index (Phi) is 9.78. The third-order valence-electron chi connectivity index (χ3n) is 7.22. The lowest BCUT2D eigenvalue weighted by Gasteiger charge is -2.24. The summed E-state index contributed by atoms with van der Waals surface area (Å²) in [5.41, 5.74) is 7.20. The number of amides is 3. The molecule has 0 radical (unpaired) electrons. The minimum atomic E-state index is -1.13. The van der Waals surface area contributed by atoms with E-state index in [-0.39, 0.29) is 11.8 Å². The summed E-state index contributed by atoms with van der Waals surface area (Å²) in [7, 11) is 1.59. The average molecular weight is 561 g/mol. The van der Waals surface area contributed by atoms with Gasteiger partial charge in [-0.25, -0.2) is 0 Å². The molecule has 2 heterocycles. The van der Waals surface area contributed by atoms with Crippen molar-refractivity contribution in [1.29, 1.82) is 0 Å². The number of nitrogens with two attached hydrogens (primary N) is 1. The molecule has 3 amide bonds. The van der Waals surface area contributed by atoms with E-state index in [9.17, 15) is 14.4 Å². The van der Waals surface area contributed by atoms with Gasteiger partial charge in [0.15, 0.2) is 6.04 Å². The van der Waals surface area contributed by atoms with Gasteiger partial charge in [-0.2, -0.15) is 5.10 Å². The van der Waals surface area contributed by atoms with Crippen LogP contribution in [0, 0.1) is 0 Å². The Labute approximate surface area is 241 Å². The lowest BCUT2D eigenvalue weighted by atomic mass is 10.0. The van der Waals surface area contributed by atoms with Crippen LogP contribution >= 0.6 is 0 Å². The topological polar surface area (TPSA) is 132 Å². The predicted octanol–water partition coefficient (Wildman–Crippen LogP) is 3.29. The fraction of sp³-hybridized carbons (Fsp3) is 0.419. The van der Waals surface area contributed by atoms with Crippen molar-refractivity contribution in [2.24, 2.45) is 5.73 Å². The number of carbonyl (C=O) groups excluding carboxylic acids is 3. The molecule has 1 saturated heterocycles. The van der Waals surface area contributed by atoms with Crippen LogP contribution in [0.1, 0.15) is 56.7 Å². The van der Waals surface area contributed by atoms with Crippen LogP contribution in [0.4, 0.5) is 5.69 Å². The van der Waals surface area contributed by atoms with Crippen LogP contribution in [-0.4, -0.2) is 64.2 Å². The predicted molar refractivity (Wildman–Crippen MR) is 157 cm³/mol. The summed E-state index contributed by atoms with van der Waals surface area (Å²) in [6, 6.07) is 15.8. The maximum atomic E-state index is 13.6. The molecule has 2 aromatic carbocycles. The van der Waals surface area contributed by atoms with Crippen molar-refractivity contribution in [2.45, 2.75) is 63.6 Å². The van der Waals surface area contributed by atoms with Crippen molar-refractivity contribution >= 4 is 23.4 Å². The summed E-state index contributed by atoms with van der Waals surface area (Å²) in [4.78, 5) is 41.5. The number of nitrogens with one attached hydrogen (secondary N) is 2. The first-order chi connectivity index (χ1) is 19.7. The van der Waals surface area contributed by atoms with Crippen LogP contribution < -0.4 is 21.1 Å². The van der Waals surface area contributed by atoms with Crippen molar-refractivity contribution in [3.05, 3.63) is 78.1 Å². The molecule has 0 bridgehead atoms. The molecule has 10 heteroatoms. The van der Waals surface area contributed by atoms with Crippen molar-refractivity contribution < 1.29 is 19.1 Å². The molecule has 1 aromatic heterocycles. The second-order valence-corrected chi connectivity index (χ2v) is 11.0. The van der Waals surface area contributed by atoms with Crippen LogP contribution in [0.25, 0.3) is 0 Å². The normalized spacial score (nSPS) is 14.8. The van der Waals surface area contributed by atoms with Crippen LogP contribution in [-0.2, 0) is 20.8 Å². The van der Waals surface area contributed by atoms with Gasteiger partial charge < -0.3 is 26.0 Å². The highest BCUT2D eigenvalue weighted by Gasteiger charge is 2.31. The van der Waals surface area contributed by atoms with E-state index in [0.717, 1.165) is 30.4 Å². The number of nitrogens with zero attached hydrogens (tertiary/aromatic N) is 3. The van der Waals surface area contributed by atoms with E-state index >= 15 is 0 Å². The summed E-state index contributed by atoms with van der Waals surface area (Å²) in [6.45, 7) is 4.61. The Morgan fingerprint density at radius 1 is 1.05 bits per heavy atom. The summed E-state index contributed by atoms with van der Waals surface area (Å²) in [5.74, 6) is -0.147. The number of carbonyl (C=O) groups is 3. The summed E-state index contributed by atoms with van der Waals surface area (Å²) >= 11 is 0. The molecule has 3 aromatic rings. The first-order valence-electron chi connectivity index (χ1n) is 14.1. The maximum absolute atomic E-state index is 13.6. The number of anilines is 1. The van der Waals surface area contributed by atoms with Gasteiger partial charge in [0.05, 0.1) is 24.5 Å².